The van der Waals surface area contributed by atoms with Crippen molar-refractivity contribution in [2.24, 2.45) is 0 Å². The Morgan fingerprint density at radius 1 is 1.08 bits per heavy atom. The fraction of sp³-hybridized carbons (Fsp3) is 0.200. The van der Waals surface area contributed by atoms with Crippen LogP contribution in [-0.2, 0) is 4.79 Å². The zero-order chi connectivity index (χ0) is 18.7. The molecular weight excluding hydrogens is 337 g/mol. The average Bonchev–Trinajstić information content (AvgIpc) is 2.61. The minimum absolute atomic E-state index is 0.288. The molecule has 1 N–H and O–H groups in total. The maximum Gasteiger partial charge on any atom is 0.336 e. The Bertz CT molecular complexity index is 981. The number of ether oxygens (including phenoxy) is 1. The van der Waals surface area contributed by atoms with Gasteiger partial charge in [0, 0.05) is 17.5 Å². The molecule has 0 saturated heterocycles. The van der Waals surface area contributed by atoms with Gasteiger partial charge in [-0.05, 0) is 49.7 Å². The van der Waals surface area contributed by atoms with Crippen molar-refractivity contribution in [1.29, 1.82) is 0 Å². The molecular formula is C20H18FNO4. The van der Waals surface area contributed by atoms with Crippen LogP contribution in [0.2, 0.25) is 0 Å². The summed E-state index contributed by atoms with van der Waals surface area (Å²) in [5, 5.41) is 3.59. The van der Waals surface area contributed by atoms with Crippen LogP contribution in [-0.4, -0.2) is 12.0 Å². The van der Waals surface area contributed by atoms with Gasteiger partial charge >= 0.3 is 5.63 Å². The predicted octanol–water partition coefficient (Wildman–Crippen LogP) is 3.58. The first-order chi connectivity index (χ1) is 12.4. The number of carbonyl (C=O) groups excluding carboxylic acids is 1. The largest absolute Gasteiger partial charge is 0.481 e. The molecule has 0 spiro atoms. The van der Waals surface area contributed by atoms with Crippen molar-refractivity contribution in [3.05, 3.63) is 76.4 Å². The SMILES string of the molecule is C[C@H](Oc1ccc2ccc(=O)oc2c1)C(=O)N[C@H](C)c1ccc(F)cc1. The summed E-state index contributed by atoms with van der Waals surface area (Å²) in [6.07, 6.45) is -0.759. The van der Waals surface area contributed by atoms with E-state index >= 15 is 0 Å². The lowest BCUT2D eigenvalue weighted by Crippen LogP contribution is -2.37. The van der Waals surface area contributed by atoms with E-state index in [1.807, 2.05) is 6.92 Å². The highest BCUT2D eigenvalue weighted by Crippen LogP contribution is 2.21. The van der Waals surface area contributed by atoms with Crippen molar-refractivity contribution in [2.75, 3.05) is 0 Å². The number of fused-ring (bicyclic) bond motifs is 1. The lowest BCUT2D eigenvalue weighted by molar-refractivity contribution is -0.127. The molecule has 6 heteroatoms. The molecule has 26 heavy (non-hydrogen) atoms. The van der Waals surface area contributed by atoms with E-state index in [9.17, 15) is 14.0 Å². The lowest BCUT2D eigenvalue weighted by Gasteiger charge is -2.19. The molecule has 0 radical (unpaired) electrons. The molecule has 2 aromatic carbocycles. The van der Waals surface area contributed by atoms with Crippen molar-refractivity contribution in [1.82, 2.24) is 5.32 Å². The van der Waals surface area contributed by atoms with Gasteiger partial charge in [-0.1, -0.05) is 12.1 Å². The van der Waals surface area contributed by atoms with Crippen LogP contribution < -0.4 is 15.7 Å². The van der Waals surface area contributed by atoms with Crippen molar-refractivity contribution in [3.63, 3.8) is 0 Å². The van der Waals surface area contributed by atoms with Gasteiger partial charge in [0.1, 0.15) is 17.1 Å². The van der Waals surface area contributed by atoms with Crippen LogP contribution >= 0.6 is 0 Å². The van der Waals surface area contributed by atoms with Gasteiger partial charge in [0.2, 0.25) is 0 Å². The van der Waals surface area contributed by atoms with E-state index in [0.29, 0.717) is 11.3 Å². The lowest BCUT2D eigenvalue weighted by atomic mass is 10.1. The highest BCUT2D eigenvalue weighted by molar-refractivity contribution is 5.81. The van der Waals surface area contributed by atoms with E-state index in [2.05, 4.69) is 5.32 Å². The second kappa shape index (κ2) is 7.39. The van der Waals surface area contributed by atoms with Crippen LogP contribution in [0.3, 0.4) is 0 Å². The number of halogens is 1. The first kappa shape index (κ1) is 17.7. The topological polar surface area (TPSA) is 68.5 Å². The van der Waals surface area contributed by atoms with Crippen LogP contribution in [0.25, 0.3) is 11.0 Å². The normalized spacial score (nSPS) is 13.2. The molecule has 2 atom stereocenters. The predicted molar refractivity (Wildman–Crippen MR) is 95.5 cm³/mol. The van der Waals surface area contributed by atoms with Gasteiger partial charge in [0.05, 0.1) is 6.04 Å². The summed E-state index contributed by atoms with van der Waals surface area (Å²) in [5.41, 5.74) is 0.732. The van der Waals surface area contributed by atoms with E-state index in [4.69, 9.17) is 9.15 Å². The van der Waals surface area contributed by atoms with Crippen molar-refractivity contribution < 1.29 is 18.3 Å². The standard InChI is InChI=1S/C20H18FNO4/c1-12(14-3-7-16(21)8-4-14)22-20(24)13(2)25-17-9-5-15-6-10-19(23)26-18(15)11-17/h3-13H,1-2H3,(H,22,24)/t12-,13+/m1/s1. The van der Waals surface area contributed by atoms with Crippen LogP contribution in [0, 0.1) is 5.82 Å². The quantitative estimate of drug-likeness (QED) is 0.711. The summed E-state index contributed by atoms with van der Waals surface area (Å²) in [4.78, 5) is 23.6. The Labute approximate surface area is 149 Å². The summed E-state index contributed by atoms with van der Waals surface area (Å²) in [5.74, 6) is -0.215. The number of amides is 1. The molecule has 0 aliphatic heterocycles. The van der Waals surface area contributed by atoms with Gasteiger partial charge in [-0.15, -0.1) is 0 Å². The Morgan fingerprint density at radius 2 is 1.77 bits per heavy atom. The second-order valence-corrected chi connectivity index (χ2v) is 6.00. The van der Waals surface area contributed by atoms with Gasteiger partial charge in [0.15, 0.2) is 6.10 Å². The molecule has 1 amide bonds. The number of benzene rings is 2. The van der Waals surface area contributed by atoms with E-state index < -0.39 is 11.7 Å². The van der Waals surface area contributed by atoms with Crippen molar-refractivity contribution in [3.8, 4) is 5.75 Å². The minimum Gasteiger partial charge on any atom is -0.481 e. The van der Waals surface area contributed by atoms with Crippen LogP contribution in [0.4, 0.5) is 4.39 Å². The molecule has 3 aromatic rings. The minimum atomic E-state index is -0.759. The Kier molecular flexibility index (Phi) is 5.02. The number of rotatable bonds is 5. The molecule has 0 aliphatic rings. The van der Waals surface area contributed by atoms with Gasteiger partial charge < -0.3 is 14.5 Å². The Balaban J connectivity index is 1.67. The molecule has 0 unspecified atom stereocenters. The Hall–Kier alpha value is -3.15. The fourth-order valence-electron chi connectivity index (χ4n) is 2.54. The molecule has 3 rings (SSSR count). The van der Waals surface area contributed by atoms with Gasteiger partial charge in [-0.2, -0.15) is 0 Å². The first-order valence-electron chi connectivity index (χ1n) is 8.19. The van der Waals surface area contributed by atoms with Gasteiger partial charge in [-0.25, -0.2) is 9.18 Å². The summed E-state index contributed by atoms with van der Waals surface area (Å²) >= 11 is 0. The van der Waals surface area contributed by atoms with Crippen LogP contribution in [0.5, 0.6) is 5.75 Å². The van der Waals surface area contributed by atoms with E-state index in [0.717, 1.165) is 10.9 Å². The third-order valence-corrected chi connectivity index (χ3v) is 4.01. The number of hydrogen-bond acceptors (Lipinski definition) is 4. The first-order valence-corrected chi connectivity index (χ1v) is 8.19. The maximum absolute atomic E-state index is 13.0. The van der Waals surface area contributed by atoms with Crippen molar-refractivity contribution >= 4 is 16.9 Å². The fourth-order valence-corrected chi connectivity index (χ4v) is 2.54. The third-order valence-electron chi connectivity index (χ3n) is 4.01. The maximum atomic E-state index is 13.0. The summed E-state index contributed by atoms with van der Waals surface area (Å²) < 4.78 is 23.7. The smallest absolute Gasteiger partial charge is 0.336 e. The van der Waals surface area contributed by atoms with E-state index in [1.165, 1.54) is 18.2 Å². The van der Waals surface area contributed by atoms with Gasteiger partial charge in [-0.3, -0.25) is 4.79 Å². The number of nitrogens with one attached hydrogen (secondary N) is 1. The monoisotopic (exact) mass is 355 g/mol. The number of hydrogen-bond donors (Lipinski definition) is 1. The third kappa shape index (κ3) is 4.08. The number of carbonyl (C=O) groups is 1. The zero-order valence-electron chi connectivity index (χ0n) is 14.4. The molecule has 0 fully saturated rings. The van der Waals surface area contributed by atoms with Crippen molar-refractivity contribution in [2.45, 2.75) is 26.0 Å². The second-order valence-electron chi connectivity index (χ2n) is 6.00. The molecule has 134 valence electrons. The van der Waals surface area contributed by atoms with E-state index in [-0.39, 0.29) is 17.8 Å². The highest BCUT2D eigenvalue weighted by Gasteiger charge is 2.18. The molecule has 1 aromatic heterocycles. The van der Waals surface area contributed by atoms with E-state index in [1.54, 1.807) is 43.3 Å². The molecule has 0 aliphatic carbocycles. The summed E-state index contributed by atoms with van der Waals surface area (Å²) in [7, 11) is 0. The highest BCUT2D eigenvalue weighted by atomic mass is 19.1. The van der Waals surface area contributed by atoms with Crippen LogP contribution in [0.1, 0.15) is 25.5 Å². The van der Waals surface area contributed by atoms with Gasteiger partial charge in [0.25, 0.3) is 5.91 Å². The molecule has 0 saturated carbocycles. The Morgan fingerprint density at radius 3 is 2.50 bits per heavy atom. The average molecular weight is 355 g/mol. The molecule has 5 nitrogen and oxygen atoms in total. The molecule has 1 heterocycles. The summed E-state index contributed by atoms with van der Waals surface area (Å²) in [6, 6.07) is 13.7. The van der Waals surface area contributed by atoms with Crippen LogP contribution in [0.15, 0.2) is 63.8 Å². The zero-order valence-corrected chi connectivity index (χ0v) is 14.4. The molecule has 0 bridgehead atoms. The summed E-state index contributed by atoms with van der Waals surface area (Å²) in [6.45, 7) is 3.43.